The predicted octanol–water partition coefficient (Wildman–Crippen LogP) is 1.27. The second-order valence-electron chi connectivity index (χ2n) is 2.38. The third-order valence-corrected chi connectivity index (χ3v) is 1.51. The van der Waals surface area contributed by atoms with E-state index < -0.39 is 11.8 Å². The maximum Gasteiger partial charge on any atom is 0.341 e. The van der Waals surface area contributed by atoms with Gasteiger partial charge in [-0.05, 0) is 6.92 Å². The molecule has 5 heteroatoms. The Morgan fingerprint density at radius 1 is 1.71 bits per heavy atom. The van der Waals surface area contributed by atoms with Crippen molar-refractivity contribution < 1.29 is 13.9 Å². The lowest BCUT2D eigenvalue weighted by molar-refractivity contribution is 0.0525. The van der Waals surface area contributed by atoms with Crippen molar-refractivity contribution in [1.29, 1.82) is 5.26 Å². The van der Waals surface area contributed by atoms with Crippen LogP contribution in [-0.2, 0) is 4.74 Å². The van der Waals surface area contributed by atoms with Crippen LogP contribution in [-0.4, -0.2) is 17.6 Å². The SMILES string of the molecule is CCOC(=O)c1cncc(F)c1C#N. The van der Waals surface area contributed by atoms with E-state index in [0.717, 1.165) is 12.4 Å². The van der Waals surface area contributed by atoms with Crippen LogP contribution in [0.25, 0.3) is 0 Å². The second kappa shape index (κ2) is 4.33. The van der Waals surface area contributed by atoms with Crippen molar-refractivity contribution in [3.8, 4) is 6.07 Å². The Kier molecular flexibility index (Phi) is 3.13. The predicted molar refractivity (Wildman–Crippen MR) is 44.9 cm³/mol. The summed E-state index contributed by atoms with van der Waals surface area (Å²) in [5.41, 5.74) is -0.479. The minimum atomic E-state index is -0.821. The van der Waals surface area contributed by atoms with Crippen LogP contribution in [0.1, 0.15) is 22.8 Å². The summed E-state index contributed by atoms with van der Waals surface area (Å²) < 4.78 is 17.6. The largest absolute Gasteiger partial charge is 0.462 e. The van der Waals surface area contributed by atoms with Gasteiger partial charge < -0.3 is 4.74 Å². The molecule has 0 atom stereocenters. The Bertz CT molecular complexity index is 398. The van der Waals surface area contributed by atoms with Crippen molar-refractivity contribution in [3.05, 3.63) is 29.3 Å². The lowest BCUT2D eigenvalue weighted by Crippen LogP contribution is -2.08. The molecule has 0 fully saturated rings. The highest BCUT2D eigenvalue weighted by atomic mass is 19.1. The van der Waals surface area contributed by atoms with Crippen LogP contribution in [0.4, 0.5) is 4.39 Å². The first-order valence-corrected chi connectivity index (χ1v) is 3.91. The summed E-state index contributed by atoms with van der Waals surface area (Å²) in [6.45, 7) is 1.79. The van der Waals surface area contributed by atoms with Gasteiger partial charge in [0.25, 0.3) is 0 Å². The number of hydrogen-bond acceptors (Lipinski definition) is 4. The number of ether oxygens (including phenoxy) is 1. The average molecular weight is 194 g/mol. The molecule has 0 spiro atoms. The highest BCUT2D eigenvalue weighted by Gasteiger charge is 2.16. The minimum absolute atomic E-state index is 0.144. The van der Waals surface area contributed by atoms with Crippen LogP contribution in [0.15, 0.2) is 12.4 Å². The maximum absolute atomic E-state index is 13.0. The van der Waals surface area contributed by atoms with Crippen molar-refractivity contribution >= 4 is 5.97 Å². The molecule has 0 bridgehead atoms. The monoisotopic (exact) mass is 194 g/mol. The van der Waals surface area contributed by atoms with Crippen LogP contribution >= 0.6 is 0 Å². The van der Waals surface area contributed by atoms with Crippen molar-refractivity contribution in [1.82, 2.24) is 4.98 Å². The number of esters is 1. The van der Waals surface area contributed by atoms with Crippen LogP contribution in [0, 0.1) is 17.1 Å². The standard InChI is InChI=1S/C9H7FN2O2/c1-2-14-9(13)7-4-12-5-8(10)6(7)3-11/h4-5H,2H2,1H3. The van der Waals surface area contributed by atoms with E-state index in [-0.39, 0.29) is 17.7 Å². The number of hydrogen-bond donors (Lipinski definition) is 0. The summed E-state index contributed by atoms with van der Waals surface area (Å²) in [6.07, 6.45) is 1.99. The molecule has 1 aromatic heterocycles. The molecule has 0 aliphatic rings. The molecule has 0 aromatic carbocycles. The lowest BCUT2D eigenvalue weighted by atomic mass is 10.1. The van der Waals surface area contributed by atoms with Gasteiger partial charge in [-0.3, -0.25) is 4.98 Å². The Morgan fingerprint density at radius 2 is 2.43 bits per heavy atom. The lowest BCUT2D eigenvalue weighted by Gasteiger charge is -2.02. The van der Waals surface area contributed by atoms with Crippen molar-refractivity contribution in [2.75, 3.05) is 6.61 Å². The van der Waals surface area contributed by atoms with E-state index in [9.17, 15) is 9.18 Å². The Balaban J connectivity index is 3.15. The number of nitriles is 1. The molecule has 14 heavy (non-hydrogen) atoms. The topological polar surface area (TPSA) is 63.0 Å². The molecule has 0 aliphatic heterocycles. The molecular weight excluding hydrogens is 187 g/mol. The van der Waals surface area contributed by atoms with Crippen LogP contribution in [0.2, 0.25) is 0 Å². The van der Waals surface area contributed by atoms with Gasteiger partial charge in [-0.15, -0.1) is 0 Å². The van der Waals surface area contributed by atoms with Crippen molar-refractivity contribution in [2.24, 2.45) is 0 Å². The molecule has 1 rings (SSSR count). The summed E-state index contributed by atoms with van der Waals surface area (Å²) in [5, 5.41) is 8.59. The van der Waals surface area contributed by atoms with Gasteiger partial charge in [0.15, 0.2) is 5.82 Å². The number of carbonyl (C=O) groups excluding carboxylic acids is 1. The smallest absolute Gasteiger partial charge is 0.341 e. The summed E-state index contributed by atoms with van der Waals surface area (Å²) in [7, 11) is 0. The van der Waals surface area contributed by atoms with Gasteiger partial charge in [0.1, 0.15) is 11.6 Å². The zero-order valence-corrected chi connectivity index (χ0v) is 7.45. The molecule has 0 saturated carbocycles. The second-order valence-corrected chi connectivity index (χ2v) is 2.38. The fourth-order valence-corrected chi connectivity index (χ4v) is 0.912. The zero-order chi connectivity index (χ0) is 10.6. The number of carbonyl (C=O) groups is 1. The molecule has 0 unspecified atom stereocenters. The molecule has 1 heterocycles. The zero-order valence-electron chi connectivity index (χ0n) is 7.45. The van der Waals surface area contributed by atoms with E-state index in [0.29, 0.717) is 0 Å². The summed E-state index contributed by atoms with van der Waals surface area (Å²) in [5.74, 6) is -1.56. The molecule has 0 saturated heterocycles. The fourth-order valence-electron chi connectivity index (χ4n) is 0.912. The number of rotatable bonds is 2. The average Bonchev–Trinajstić information content (AvgIpc) is 2.17. The van der Waals surface area contributed by atoms with E-state index in [1.165, 1.54) is 0 Å². The van der Waals surface area contributed by atoms with Crippen molar-refractivity contribution in [2.45, 2.75) is 6.92 Å². The number of aromatic nitrogens is 1. The van der Waals surface area contributed by atoms with E-state index in [1.807, 2.05) is 0 Å². The highest BCUT2D eigenvalue weighted by Crippen LogP contribution is 2.11. The number of pyridine rings is 1. The first-order chi connectivity index (χ1) is 6.70. The fraction of sp³-hybridized carbons (Fsp3) is 0.222. The Labute approximate surface area is 79.9 Å². The van der Waals surface area contributed by atoms with Gasteiger partial charge in [-0.25, -0.2) is 9.18 Å². The van der Waals surface area contributed by atoms with E-state index in [4.69, 9.17) is 5.26 Å². The van der Waals surface area contributed by atoms with Gasteiger partial charge in [0.05, 0.1) is 18.4 Å². The van der Waals surface area contributed by atoms with Gasteiger partial charge in [0, 0.05) is 6.20 Å². The van der Waals surface area contributed by atoms with E-state index >= 15 is 0 Å². The van der Waals surface area contributed by atoms with Gasteiger partial charge in [-0.2, -0.15) is 5.26 Å². The molecular formula is C9H7FN2O2. The van der Waals surface area contributed by atoms with Crippen LogP contribution < -0.4 is 0 Å². The first-order valence-electron chi connectivity index (χ1n) is 3.91. The minimum Gasteiger partial charge on any atom is -0.462 e. The van der Waals surface area contributed by atoms with Gasteiger partial charge in [0.2, 0.25) is 0 Å². The first kappa shape index (κ1) is 10.1. The summed E-state index contributed by atoms with van der Waals surface area (Å²) in [4.78, 5) is 14.7. The Hall–Kier alpha value is -1.96. The Morgan fingerprint density at radius 3 is 3.00 bits per heavy atom. The van der Waals surface area contributed by atoms with E-state index in [1.54, 1.807) is 13.0 Å². The normalized spacial score (nSPS) is 9.21. The van der Waals surface area contributed by atoms with Crippen LogP contribution in [0.5, 0.6) is 0 Å². The molecule has 0 amide bonds. The third-order valence-electron chi connectivity index (χ3n) is 1.51. The third kappa shape index (κ3) is 1.85. The molecule has 0 N–H and O–H groups in total. The van der Waals surface area contributed by atoms with Gasteiger partial charge >= 0.3 is 5.97 Å². The van der Waals surface area contributed by atoms with E-state index in [2.05, 4.69) is 9.72 Å². The number of halogens is 1. The van der Waals surface area contributed by atoms with Gasteiger partial charge in [-0.1, -0.05) is 0 Å². The highest BCUT2D eigenvalue weighted by molar-refractivity contribution is 5.91. The summed E-state index contributed by atoms with van der Waals surface area (Å²) >= 11 is 0. The molecule has 0 radical (unpaired) electrons. The van der Waals surface area contributed by atoms with Crippen LogP contribution in [0.3, 0.4) is 0 Å². The van der Waals surface area contributed by atoms with Crippen molar-refractivity contribution in [3.63, 3.8) is 0 Å². The number of nitrogens with zero attached hydrogens (tertiary/aromatic N) is 2. The maximum atomic E-state index is 13.0. The molecule has 72 valence electrons. The quantitative estimate of drug-likeness (QED) is 0.665. The molecule has 0 aliphatic carbocycles. The molecule has 1 aromatic rings. The summed E-state index contributed by atoms with van der Waals surface area (Å²) in [6, 6.07) is 1.59. The molecule has 4 nitrogen and oxygen atoms in total.